The van der Waals surface area contributed by atoms with Gasteiger partial charge in [-0.25, -0.2) is 0 Å². The Kier molecular flexibility index (Phi) is 4.68. The van der Waals surface area contributed by atoms with Crippen molar-refractivity contribution in [2.24, 2.45) is 0 Å². The average Bonchev–Trinajstić information content (AvgIpc) is 3.25. The first-order valence-corrected chi connectivity index (χ1v) is 9.66. The molecule has 0 bridgehead atoms. The van der Waals surface area contributed by atoms with Crippen LogP contribution in [0.25, 0.3) is 11.5 Å². The minimum Gasteiger partial charge on any atom is -0.415 e. The highest BCUT2D eigenvalue weighted by Gasteiger charge is 2.35. The lowest BCUT2D eigenvalue weighted by Gasteiger charge is -2.16. The van der Waals surface area contributed by atoms with Crippen LogP contribution in [0.2, 0.25) is 5.02 Å². The van der Waals surface area contributed by atoms with Gasteiger partial charge in [0, 0.05) is 23.4 Å². The molecule has 25 heavy (non-hydrogen) atoms. The number of halogens is 1. The summed E-state index contributed by atoms with van der Waals surface area (Å²) < 4.78 is 8.56. The Morgan fingerprint density at radius 1 is 1.32 bits per heavy atom. The highest BCUT2D eigenvalue weighted by Crippen LogP contribution is 2.21. The molecule has 1 fully saturated rings. The van der Waals surface area contributed by atoms with Crippen LogP contribution in [-0.4, -0.2) is 26.0 Å². The highest BCUT2D eigenvalue weighted by atomic mass is 35.5. The Hall–Kier alpha value is -1.61. The molecular weight excluding hydrogens is 378 g/mol. The van der Waals surface area contributed by atoms with Gasteiger partial charge in [-0.3, -0.25) is 0 Å². The summed E-state index contributed by atoms with van der Waals surface area (Å²) in [5.74, 6) is 1.15. The van der Waals surface area contributed by atoms with Gasteiger partial charge in [-0.1, -0.05) is 22.9 Å². The molecule has 0 aliphatic heterocycles. The predicted molar refractivity (Wildman–Crippen MR) is 98.1 cm³/mol. The number of hydrogen-bond donors (Lipinski definition) is 1. The van der Waals surface area contributed by atoms with Crippen molar-refractivity contribution in [3.63, 3.8) is 0 Å². The van der Waals surface area contributed by atoms with Gasteiger partial charge < -0.3 is 9.32 Å². The van der Waals surface area contributed by atoms with E-state index in [1.807, 2.05) is 35.9 Å². The second-order valence-electron chi connectivity index (χ2n) is 6.16. The molecule has 1 N–H and O–H groups in total. The number of benzene rings is 1. The summed E-state index contributed by atoms with van der Waals surface area (Å²) in [5, 5.41) is 14.5. The number of quaternary nitrogens is 1. The Labute approximate surface area is 159 Å². The molecule has 0 spiro atoms. The standard InChI is InChI=1S/C16H16ClN5OS2/c1-10-20-22(16(24)25-10)9-21(13-6-7-13)8-14-18-19-15(23-14)11-2-4-12(17)5-3-11/h2-5,13H,6-9H2,1H3/p+1. The third kappa shape index (κ3) is 3.98. The summed E-state index contributed by atoms with van der Waals surface area (Å²) in [7, 11) is 0. The van der Waals surface area contributed by atoms with Crippen molar-refractivity contribution >= 4 is 35.2 Å². The third-order valence-corrected chi connectivity index (χ3v) is 5.63. The van der Waals surface area contributed by atoms with E-state index in [0.29, 0.717) is 29.4 Å². The van der Waals surface area contributed by atoms with E-state index in [4.69, 9.17) is 28.2 Å². The van der Waals surface area contributed by atoms with Crippen molar-refractivity contribution in [1.82, 2.24) is 20.0 Å². The Bertz CT molecular complexity index is 929. The summed E-state index contributed by atoms with van der Waals surface area (Å²) in [6.45, 7) is 3.38. The summed E-state index contributed by atoms with van der Waals surface area (Å²) >= 11 is 12.8. The summed E-state index contributed by atoms with van der Waals surface area (Å²) in [6, 6.07) is 7.99. The van der Waals surface area contributed by atoms with Crippen LogP contribution in [0.15, 0.2) is 28.7 Å². The summed E-state index contributed by atoms with van der Waals surface area (Å²) in [6.07, 6.45) is 2.42. The molecule has 1 saturated carbocycles. The quantitative estimate of drug-likeness (QED) is 0.651. The first-order valence-electron chi connectivity index (χ1n) is 8.06. The number of nitrogens with one attached hydrogen (secondary N) is 1. The zero-order chi connectivity index (χ0) is 17.4. The van der Waals surface area contributed by atoms with Gasteiger partial charge in [0.2, 0.25) is 5.89 Å². The van der Waals surface area contributed by atoms with E-state index in [1.54, 1.807) is 11.3 Å². The Balaban J connectivity index is 1.50. The number of rotatable bonds is 6. The van der Waals surface area contributed by atoms with Crippen LogP contribution in [0.4, 0.5) is 0 Å². The Morgan fingerprint density at radius 3 is 2.72 bits per heavy atom. The van der Waals surface area contributed by atoms with Crippen molar-refractivity contribution in [3.05, 3.63) is 44.1 Å². The number of aryl methyl sites for hydroxylation is 1. The molecule has 0 amide bonds. The van der Waals surface area contributed by atoms with Gasteiger partial charge in [0.05, 0.1) is 6.04 Å². The van der Waals surface area contributed by atoms with E-state index >= 15 is 0 Å². The zero-order valence-corrected chi connectivity index (χ0v) is 16.0. The first-order chi connectivity index (χ1) is 12.1. The first kappa shape index (κ1) is 16.8. The molecule has 0 saturated heterocycles. The van der Waals surface area contributed by atoms with Crippen LogP contribution < -0.4 is 4.90 Å². The predicted octanol–water partition coefficient (Wildman–Crippen LogP) is 2.89. The fourth-order valence-electron chi connectivity index (χ4n) is 2.75. The molecular formula is C16H17ClN5OS2+. The molecule has 1 aliphatic rings. The second kappa shape index (κ2) is 6.95. The van der Waals surface area contributed by atoms with Crippen LogP contribution in [-0.2, 0) is 13.2 Å². The summed E-state index contributed by atoms with van der Waals surface area (Å²) in [5.41, 5.74) is 0.869. The molecule has 1 atom stereocenters. The lowest BCUT2D eigenvalue weighted by atomic mass is 10.2. The van der Waals surface area contributed by atoms with Crippen LogP contribution in [0.3, 0.4) is 0 Å². The van der Waals surface area contributed by atoms with Gasteiger partial charge in [0.1, 0.15) is 5.01 Å². The lowest BCUT2D eigenvalue weighted by molar-refractivity contribution is -0.948. The minimum absolute atomic E-state index is 0.517. The van der Waals surface area contributed by atoms with E-state index in [2.05, 4.69) is 15.3 Å². The summed E-state index contributed by atoms with van der Waals surface area (Å²) in [4.78, 5) is 1.35. The van der Waals surface area contributed by atoms with Crippen molar-refractivity contribution < 1.29 is 9.32 Å². The highest BCUT2D eigenvalue weighted by molar-refractivity contribution is 7.73. The monoisotopic (exact) mass is 394 g/mol. The van der Waals surface area contributed by atoms with Crippen LogP contribution in [0, 0.1) is 10.9 Å². The minimum atomic E-state index is 0.517. The van der Waals surface area contributed by atoms with Gasteiger partial charge >= 0.3 is 0 Å². The smallest absolute Gasteiger partial charge is 0.271 e. The normalized spacial score (nSPS) is 15.4. The van der Waals surface area contributed by atoms with Crippen LogP contribution in [0.5, 0.6) is 0 Å². The molecule has 2 heterocycles. The van der Waals surface area contributed by atoms with Gasteiger partial charge in [-0.05, 0) is 43.4 Å². The maximum Gasteiger partial charge on any atom is 0.271 e. The maximum atomic E-state index is 5.92. The van der Waals surface area contributed by atoms with Crippen molar-refractivity contribution in [3.8, 4) is 11.5 Å². The number of nitrogens with zero attached hydrogens (tertiary/aromatic N) is 4. The average molecular weight is 395 g/mol. The number of aromatic nitrogens is 4. The molecule has 0 radical (unpaired) electrons. The van der Waals surface area contributed by atoms with E-state index in [9.17, 15) is 0 Å². The van der Waals surface area contributed by atoms with Crippen molar-refractivity contribution in [2.45, 2.75) is 39.0 Å². The van der Waals surface area contributed by atoms with E-state index in [1.165, 1.54) is 17.7 Å². The molecule has 1 aliphatic carbocycles. The van der Waals surface area contributed by atoms with Crippen molar-refractivity contribution in [2.75, 3.05) is 0 Å². The van der Waals surface area contributed by atoms with Crippen molar-refractivity contribution in [1.29, 1.82) is 0 Å². The topological polar surface area (TPSA) is 61.2 Å². The zero-order valence-electron chi connectivity index (χ0n) is 13.6. The molecule has 1 unspecified atom stereocenters. The van der Waals surface area contributed by atoms with Crippen LogP contribution >= 0.6 is 35.2 Å². The fourth-order valence-corrected chi connectivity index (χ4v) is 3.95. The van der Waals surface area contributed by atoms with Gasteiger partial charge in [0.25, 0.3) is 5.89 Å². The van der Waals surface area contributed by atoms with E-state index in [-0.39, 0.29) is 0 Å². The third-order valence-electron chi connectivity index (χ3n) is 4.15. The van der Waals surface area contributed by atoms with Crippen LogP contribution in [0.1, 0.15) is 23.7 Å². The van der Waals surface area contributed by atoms with Gasteiger partial charge in [0.15, 0.2) is 17.2 Å². The van der Waals surface area contributed by atoms with E-state index < -0.39 is 0 Å². The molecule has 4 rings (SSSR count). The fraction of sp³-hybridized carbons (Fsp3) is 0.375. The largest absolute Gasteiger partial charge is 0.415 e. The lowest BCUT2D eigenvalue weighted by Crippen LogP contribution is -3.11. The molecule has 2 aromatic heterocycles. The number of hydrogen-bond acceptors (Lipinski definition) is 6. The molecule has 9 heteroatoms. The van der Waals surface area contributed by atoms with Gasteiger partial charge in [-0.15, -0.1) is 10.2 Å². The van der Waals surface area contributed by atoms with E-state index in [0.717, 1.165) is 21.2 Å². The second-order valence-corrected chi connectivity index (χ2v) is 8.42. The van der Waals surface area contributed by atoms with Gasteiger partial charge in [-0.2, -0.15) is 9.78 Å². The SMILES string of the molecule is Cc1nn(C[NH+](Cc2nnc(-c3ccc(Cl)cc3)o2)C2CC2)c(=S)s1. The Morgan fingerprint density at radius 2 is 2.08 bits per heavy atom. The molecule has 1 aromatic carbocycles. The molecule has 6 nitrogen and oxygen atoms in total. The molecule has 3 aromatic rings. The maximum absolute atomic E-state index is 5.92. The molecule has 130 valence electrons.